The lowest BCUT2D eigenvalue weighted by molar-refractivity contribution is -0.122. The Balaban J connectivity index is 1.50. The van der Waals surface area contributed by atoms with E-state index in [0.717, 1.165) is 11.3 Å². The van der Waals surface area contributed by atoms with Gasteiger partial charge in [-0.3, -0.25) is 9.69 Å². The SMILES string of the molecule is CN(CC(=O)NC1CCS(=O)(=O)C1)Cc1cc(-c2ccccc2)no1. The van der Waals surface area contributed by atoms with Crippen molar-refractivity contribution in [2.24, 2.45) is 0 Å². The zero-order chi connectivity index (χ0) is 17.9. The zero-order valence-corrected chi connectivity index (χ0v) is 14.8. The number of nitrogens with zero attached hydrogens (tertiary/aromatic N) is 2. The second kappa shape index (κ2) is 7.37. The monoisotopic (exact) mass is 363 g/mol. The summed E-state index contributed by atoms with van der Waals surface area (Å²) in [6.45, 7) is 0.605. The van der Waals surface area contributed by atoms with E-state index in [9.17, 15) is 13.2 Å². The van der Waals surface area contributed by atoms with Gasteiger partial charge in [-0.2, -0.15) is 0 Å². The predicted molar refractivity (Wildman–Crippen MR) is 93.5 cm³/mol. The van der Waals surface area contributed by atoms with Crippen molar-refractivity contribution in [1.82, 2.24) is 15.4 Å². The van der Waals surface area contributed by atoms with Crippen molar-refractivity contribution >= 4 is 15.7 Å². The van der Waals surface area contributed by atoms with E-state index in [4.69, 9.17) is 4.52 Å². The molecule has 134 valence electrons. The van der Waals surface area contributed by atoms with E-state index < -0.39 is 9.84 Å². The highest BCUT2D eigenvalue weighted by Gasteiger charge is 2.29. The average Bonchev–Trinajstić information content (AvgIpc) is 3.14. The van der Waals surface area contributed by atoms with E-state index in [2.05, 4.69) is 10.5 Å². The Kier molecular flexibility index (Phi) is 5.19. The van der Waals surface area contributed by atoms with Crippen LogP contribution >= 0.6 is 0 Å². The average molecular weight is 363 g/mol. The maximum Gasteiger partial charge on any atom is 0.234 e. The number of hydrogen-bond acceptors (Lipinski definition) is 6. The van der Waals surface area contributed by atoms with Crippen molar-refractivity contribution in [3.63, 3.8) is 0 Å². The molecule has 0 aliphatic carbocycles. The molecule has 25 heavy (non-hydrogen) atoms. The topological polar surface area (TPSA) is 92.5 Å². The number of hydrogen-bond donors (Lipinski definition) is 1. The molecule has 0 saturated carbocycles. The molecule has 3 rings (SSSR count). The number of sulfone groups is 1. The molecule has 1 aromatic heterocycles. The molecule has 1 atom stereocenters. The van der Waals surface area contributed by atoms with Crippen LogP contribution in [0.2, 0.25) is 0 Å². The van der Waals surface area contributed by atoms with Gasteiger partial charge >= 0.3 is 0 Å². The molecular weight excluding hydrogens is 342 g/mol. The van der Waals surface area contributed by atoms with E-state index in [1.54, 1.807) is 11.9 Å². The van der Waals surface area contributed by atoms with E-state index in [1.165, 1.54) is 0 Å². The minimum absolute atomic E-state index is 0.0327. The summed E-state index contributed by atoms with van der Waals surface area (Å²) in [5, 5.41) is 6.83. The van der Waals surface area contributed by atoms with Crippen molar-refractivity contribution in [1.29, 1.82) is 0 Å². The highest BCUT2D eigenvalue weighted by atomic mass is 32.2. The lowest BCUT2D eigenvalue weighted by Crippen LogP contribution is -2.41. The second-order valence-corrected chi connectivity index (χ2v) is 8.61. The van der Waals surface area contributed by atoms with Gasteiger partial charge in [0.25, 0.3) is 0 Å². The van der Waals surface area contributed by atoms with Gasteiger partial charge in [0.1, 0.15) is 5.69 Å². The Bertz CT molecular complexity index is 833. The largest absolute Gasteiger partial charge is 0.359 e. The van der Waals surface area contributed by atoms with Gasteiger partial charge in [-0.15, -0.1) is 0 Å². The van der Waals surface area contributed by atoms with Crippen LogP contribution in [0.5, 0.6) is 0 Å². The molecule has 0 bridgehead atoms. The third-order valence-corrected chi connectivity index (χ3v) is 5.83. The quantitative estimate of drug-likeness (QED) is 0.825. The summed E-state index contributed by atoms with van der Waals surface area (Å²) in [6, 6.07) is 11.3. The summed E-state index contributed by atoms with van der Waals surface area (Å²) in [6.07, 6.45) is 0.486. The number of carbonyl (C=O) groups is 1. The Morgan fingerprint density at radius 1 is 1.36 bits per heavy atom. The van der Waals surface area contributed by atoms with Gasteiger partial charge in [-0.25, -0.2) is 8.42 Å². The fraction of sp³-hybridized carbons (Fsp3) is 0.412. The molecule has 1 amide bonds. The van der Waals surface area contributed by atoms with Crippen LogP contribution in [-0.4, -0.2) is 55.5 Å². The Labute approximate surface area is 146 Å². The predicted octanol–water partition coefficient (Wildman–Crippen LogP) is 1.08. The maximum absolute atomic E-state index is 12.0. The molecule has 1 aromatic carbocycles. The van der Waals surface area contributed by atoms with Crippen LogP contribution in [-0.2, 0) is 21.2 Å². The minimum Gasteiger partial charge on any atom is -0.359 e. The molecule has 1 aliphatic rings. The van der Waals surface area contributed by atoms with Crippen LogP contribution in [0, 0.1) is 0 Å². The molecule has 1 N–H and O–H groups in total. The summed E-state index contributed by atoms with van der Waals surface area (Å²) in [5.74, 6) is 0.657. The fourth-order valence-corrected chi connectivity index (χ4v) is 4.56. The van der Waals surface area contributed by atoms with Gasteiger partial charge in [0.15, 0.2) is 15.6 Å². The minimum atomic E-state index is -2.99. The van der Waals surface area contributed by atoms with Crippen LogP contribution < -0.4 is 5.32 Å². The van der Waals surface area contributed by atoms with Crippen molar-refractivity contribution in [3.8, 4) is 11.3 Å². The molecule has 1 unspecified atom stereocenters. The van der Waals surface area contributed by atoms with Gasteiger partial charge < -0.3 is 9.84 Å². The first kappa shape index (κ1) is 17.6. The number of amides is 1. The number of benzene rings is 1. The first-order valence-corrected chi connectivity index (χ1v) is 9.93. The van der Waals surface area contributed by atoms with Crippen LogP contribution in [0.1, 0.15) is 12.2 Å². The lowest BCUT2D eigenvalue weighted by atomic mass is 10.1. The zero-order valence-electron chi connectivity index (χ0n) is 14.0. The van der Waals surface area contributed by atoms with Gasteiger partial charge in [-0.1, -0.05) is 35.5 Å². The maximum atomic E-state index is 12.0. The highest BCUT2D eigenvalue weighted by Crippen LogP contribution is 2.19. The van der Waals surface area contributed by atoms with Gasteiger partial charge in [0.05, 0.1) is 24.6 Å². The number of aromatic nitrogens is 1. The lowest BCUT2D eigenvalue weighted by Gasteiger charge is -2.16. The van der Waals surface area contributed by atoms with E-state index >= 15 is 0 Å². The van der Waals surface area contributed by atoms with E-state index in [-0.39, 0.29) is 30.0 Å². The Hall–Kier alpha value is -2.19. The van der Waals surface area contributed by atoms with Crippen LogP contribution in [0.3, 0.4) is 0 Å². The van der Waals surface area contributed by atoms with Crippen molar-refractivity contribution in [2.45, 2.75) is 19.0 Å². The van der Waals surface area contributed by atoms with Crippen molar-refractivity contribution in [3.05, 3.63) is 42.2 Å². The molecule has 0 spiro atoms. The number of likely N-dealkylation sites (N-methyl/N-ethyl adjacent to an activating group) is 1. The van der Waals surface area contributed by atoms with Crippen LogP contribution in [0.15, 0.2) is 40.9 Å². The number of nitrogens with one attached hydrogen (secondary N) is 1. The molecule has 0 radical (unpaired) electrons. The van der Waals surface area contributed by atoms with Crippen LogP contribution in [0.4, 0.5) is 0 Å². The summed E-state index contributed by atoms with van der Waals surface area (Å²) < 4.78 is 28.2. The number of carbonyl (C=O) groups excluding carboxylic acids is 1. The second-order valence-electron chi connectivity index (χ2n) is 6.38. The summed E-state index contributed by atoms with van der Waals surface area (Å²) in [5.41, 5.74) is 1.73. The third-order valence-electron chi connectivity index (χ3n) is 4.07. The molecule has 1 saturated heterocycles. The third kappa shape index (κ3) is 4.90. The first-order valence-electron chi connectivity index (χ1n) is 8.11. The summed E-state index contributed by atoms with van der Waals surface area (Å²) >= 11 is 0. The Morgan fingerprint density at radius 2 is 2.12 bits per heavy atom. The van der Waals surface area contributed by atoms with Gasteiger partial charge in [-0.05, 0) is 13.5 Å². The van der Waals surface area contributed by atoms with Gasteiger partial charge in [0, 0.05) is 17.7 Å². The molecular formula is C17H21N3O4S. The highest BCUT2D eigenvalue weighted by molar-refractivity contribution is 7.91. The molecule has 2 aromatic rings. The first-order chi connectivity index (χ1) is 11.9. The summed E-state index contributed by atoms with van der Waals surface area (Å²) in [7, 11) is -1.19. The molecule has 2 heterocycles. The number of rotatable bonds is 6. The fourth-order valence-electron chi connectivity index (χ4n) is 2.88. The molecule has 7 nitrogen and oxygen atoms in total. The normalized spacial score (nSPS) is 19.2. The molecule has 1 fully saturated rings. The van der Waals surface area contributed by atoms with Crippen LogP contribution in [0.25, 0.3) is 11.3 Å². The molecule has 8 heteroatoms. The van der Waals surface area contributed by atoms with Gasteiger partial charge in [0.2, 0.25) is 5.91 Å². The van der Waals surface area contributed by atoms with Crippen molar-refractivity contribution < 1.29 is 17.7 Å². The standard InChI is InChI=1S/C17H21N3O4S/c1-20(11-17(21)18-14-7-8-25(22,23)12-14)10-15-9-16(19-24-15)13-5-3-2-4-6-13/h2-6,9,14H,7-8,10-12H2,1H3,(H,18,21). The van der Waals surface area contributed by atoms with E-state index in [1.807, 2.05) is 36.4 Å². The van der Waals surface area contributed by atoms with E-state index in [0.29, 0.717) is 18.7 Å². The molecule has 1 aliphatic heterocycles. The summed E-state index contributed by atoms with van der Waals surface area (Å²) in [4.78, 5) is 13.8. The Morgan fingerprint density at radius 3 is 2.80 bits per heavy atom. The van der Waals surface area contributed by atoms with Crippen molar-refractivity contribution in [2.75, 3.05) is 25.1 Å². The smallest absolute Gasteiger partial charge is 0.234 e.